The van der Waals surface area contributed by atoms with Gasteiger partial charge in [0.2, 0.25) is 5.91 Å². The maximum absolute atomic E-state index is 12.9. The van der Waals surface area contributed by atoms with Crippen molar-refractivity contribution < 1.29 is 27.3 Å². The minimum absolute atomic E-state index is 0.0232. The number of ether oxygens (including phenoxy) is 1. The second-order valence-electron chi connectivity index (χ2n) is 18.6. The van der Waals surface area contributed by atoms with Gasteiger partial charge >= 0.3 is 5.97 Å². The summed E-state index contributed by atoms with van der Waals surface area (Å²) >= 11 is 0. The zero-order valence-corrected chi connectivity index (χ0v) is 35.7. The van der Waals surface area contributed by atoms with Crippen LogP contribution in [0.3, 0.4) is 0 Å². The summed E-state index contributed by atoms with van der Waals surface area (Å²) in [6.45, 7) is 9.65. The SMILES string of the molecule is CCCCC/C=C\C/C=C\CCCCCCCCCC(=O)OC1CCC2(C)C(CCC3C2CCC2(C)C(C(C)CCC(=O)NCCS(=O)(=O)O)CCC32)C1. The van der Waals surface area contributed by atoms with Crippen molar-refractivity contribution in [3.63, 3.8) is 0 Å². The zero-order valence-electron chi connectivity index (χ0n) is 34.8. The quantitative estimate of drug-likeness (QED) is 0.0437. The largest absolute Gasteiger partial charge is 0.462 e. The number of esters is 1. The smallest absolute Gasteiger partial charge is 0.306 e. The molecule has 1 amide bonds. The molecule has 9 unspecified atom stereocenters. The van der Waals surface area contributed by atoms with Gasteiger partial charge < -0.3 is 10.1 Å². The Balaban J connectivity index is 1.08. The number of hydrogen-bond acceptors (Lipinski definition) is 5. The second kappa shape index (κ2) is 22.3. The molecule has 310 valence electrons. The molecule has 54 heavy (non-hydrogen) atoms. The van der Waals surface area contributed by atoms with E-state index in [9.17, 15) is 18.0 Å². The Hall–Kier alpha value is -1.67. The van der Waals surface area contributed by atoms with E-state index in [4.69, 9.17) is 9.29 Å². The summed E-state index contributed by atoms with van der Waals surface area (Å²) in [4.78, 5) is 25.3. The molecule has 0 heterocycles. The third-order valence-electron chi connectivity index (χ3n) is 15.0. The van der Waals surface area contributed by atoms with E-state index in [1.54, 1.807) is 0 Å². The number of carbonyl (C=O) groups excluding carboxylic acids is 2. The van der Waals surface area contributed by atoms with Crippen molar-refractivity contribution in [2.75, 3.05) is 12.3 Å². The number of unbranched alkanes of at least 4 members (excludes halogenated alkanes) is 10. The van der Waals surface area contributed by atoms with Gasteiger partial charge in [-0.15, -0.1) is 0 Å². The summed E-state index contributed by atoms with van der Waals surface area (Å²) in [7, 11) is -4.06. The number of allylic oxidation sites excluding steroid dienone is 4. The molecule has 0 aromatic carbocycles. The van der Waals surface area contributed by atoms with E-state index in [0.717, 1.165) is 56.3 Å². The van der Waals surface area contributed by atoms with Crippen molar-refractivity contribution in [1.29, 1.82) is 0 Å². The maximum Gasteiger partial charge on any atom is 0.306 e. The van der Waals surface area contributed by atoms with Gasteiger partial charge in [-0.25, -0.2) is 0 Å². The molecule has 0 bridgehead atoms. The molecule has 4 rings (SSSR count). The summed E-state index contributed by atoms with van der Waals surface area (Å²) in [6.07, 6.45) is 37.9. The van der Waals surface area contributed by atoms with Crippen LogP contribution in [0, 0.1) is 46.3 Å². The Morgan fingerprint density at radius 2 is 1.44 bits per heavy atom. The topological polar surface area (TPSA) is 110 Å². The molecule has 4 saturated carbocycles. The zero-order chi connectivity index (χ0) is 39.0. The lowest BCUT2D eigenvalue weighted by Crippen LogP contribution is -2.54. The highest BCUT2D eigenvalue weighted by Gasteiger charge is 2.60. The molecular formula is C46H79NO6S. The maximum atomic E-state index is 12.9. The molecule has 0 aromatic heterocycles. The average molecular weight is 774 g/mol. The fraction of sp³-hybridized carbons (Fsp3) is 0.870. The predicted octanol–water partition coefficient (Wildman–Crippen LogP) is 11.6. The summed E-state index contributed by atoms with van der Waals surface area (Å²) in [5.41, 5.74) is 0.665. The Kier molecular flexibility index (Phi) is 18.6. The lowest BCUT2D eigenvalue weighted by atomic mass is 9.44. The number of rotatable bonds is 24. The van der Waals surface area contributed by atoms with Crippen molar-refractivity contribution >= 4 is 22.0 Å². The number of nitrogens with one attached hydrogen (secondary N) is 1. The van der Waals surface area contributed by atoms with E-state index in [1.165, 1.54) is 109 Å². The summed E-state index contributed by atoms with van der Waals surface area (Å²) < 4.78 is 37.0. The van der Waals surface area contributed by atoms with Crippen molar-refractivity contribution in [2.24, 2.45) is 46.3 Å². The van der Waals surface area contributed by atoms with Gasteiger partial charge in [0.15, 0.2) is 0 Å². The van der Waals surface area contributed by atoms with Crippen LogP contribution in [0.4, 0.5) is 0 Å². The van der Waals surface area contributed by atoms with Crippen LogP contribution in [0.1, 0.15) is 188 Å². The molecule has 9 atom stereocenters. The van der Waals surface area contributed by atoms with Crippen LogP contribution in [0.25, 0.3) is 0 Å². The Labute approximate surface area is 330 Å². The minimum Gasteiger partial charge on any atom is -0.462 e. The molecular weight excluding hydrogens is 695 g/mol. The molecule has 7 nitrogen and oxygen atoms in total. The van der Waals surface area contributed by atoms with Gasteiger partial charge in [0.25, 0.3) is 10.1 Å². The summed E-state index contributed by atoms with van der Waals surface area (Å²) in [6, 6.07) is 0. The van der Waals surface area contributed by atoms with Gasteiger partial charge in [0.1, 0.15) is 6.10 Å². The van der Waals surface area contributed by atoms with Crippen LogP contribution in [0.2, 0.25) is 0 Å². The first-order chi connectivity index (χ1) is 25.9. The van der Waals surface area contributed by atoms with Gasteiger partial charge in [-0.3, -0.25) is 14.1 Å². The molecule has 0 spiro atoms. The monoisotopic (exact) mass is 774 g/mol. The molecule has 4 fully saturated rings. The fourth-order valence-electron chi connectivity index (χ4n) is 11.9. The Morgan fingerprint density at radius 3 is 2.15 bits per heavy atom. The fourth-order valence-corrected chi connectivity index (χ4v) is 12.3. The molecule has 4 aliphatic carbocycles. The van der Waals surface area contributed by atoms with Crippen molar-refractivity contribution in [2.45, 2.75) is 194 Å². The first-order valence-electron chi connectivity index (χ1n) is 22.6. The number of carbonyl (C=O) groups is 2. The van der Waals surface area contributed by atoms with Crippen molar-refractivity contribution in [3.05, 3.63) is 24.3 Å². The van der Waals surface area contributed by atoms with E-state index in [-0.39, 0.29) is 24.5 Å². The van der Waals surface area contributed by atoms with E-state index < -0.39 is 15.9 Å². The van der Waals surface area contributed by atoms with Crippen molar-refractivity contribution in [3.8, 4) is 0 Å². The predicted molar refractivity (Wildman–Crippen MR) is 222 cm³/mol. The number of hydrogen-bond donors (Lipinski definition) is 2. The first-order valence-corrected chi connectivity index (χ1v) is 24.2. The summed E-state index contributed by atoms with van der Waals surface area (Å²) in [5, 5.41) is 2.65. The van der Waals surface area contributed by atoms with Crippen LogP contribution in [0.15, 0.2) is 24.3 Å². The van der Waals surface area contributed by atoms with Gasteiger partial charge in [0.05, 0.1) is 5.75 Å². The molecule has 2 N–H and O–H groups in total. The number of fused-ring (bicyclic) bond motifs is 5. The highest BCUT2D eigenvalue weighted by atomic mass is 32.2. The third-order valence-corrected chi connectivity index (χ3v) is 15.7. The van der Waals surface area contributed by atoms with Gasteiger partial charge in [0, 0.05) is 19.4 Å². The normalized spacial score (nSPS) is 31.6. The lowest BCUT2D eigenvalue weighted by Gasteiger charge is -2.61. The van der Waals surface area contributed by atoms with E-state index in [0.29, 0.717) is 41.4 Å². The van der Waals surface area contributed by atoms with E-state index in [1.807, 2.05) is 0 Å². The number of amides is 1. The molecule has 8 heteroatoms. The van der Waals surface area contributed by atoms with E-state index in [2.05, 4.69) is 57.3 Å². The van der Waals surface area contributed by atoms with Gasteiger partial charge in [-0.05, 0) is 149 Å². The lowest BCUT2D eigenvalue weighted by molar-refractivity contribution is -0.162. The second-order valence-corrected chi connectivity index (χ2v) is 20.2. The summed E-state index contributed by atoms with van der Waals surface area (Å²) in [5.74, 6) is 3.45. The Bertz CT molecular complexity index is 1310. The Morgan fingerprint density at radius 1 is 0.796 bits per heavy atom. The molecule has 0 aromatic rings. The molecule has 0 aliphatic heterocycles. The molecule has 0 radical (unpaired) electrons. The molecule has 4 aliphatic rings. The van der Waals surface area contributed by atoms with Crippen LogP contribution in [-0.4, -0.2) is 43.2 Å². The average Bonchev–Trinajstić information content (AvgIpc) is 3.49. The third kappa shape index (κ3) is 13.5. The first kappa shape index (κ1) is 45.0. The minimum atomic E-state index is -4.06. The van der Waals surface area contributed by atoms with Crippen LogP contribution in [-0.2, 0) is 24.4 Å². The van der Waals surface area contributed by atoms with Gasteiger partial charge in [-0.2, -0.15) is 8.42 Å². The van der Waals surface area contributed by atoms with Crippen molar-refractivity contribution in [1.82, 2.24) is 5.32 Å². The molecule has 0 saturated heterocycles. The van der Waals surface area contributed by atoms with E-state index >= 15 is 0 Å². The van der Waals surface area contributed by atoms with Crippen LogP contribution in [0.5, 0.6) is 0 Å². The van der Waals surface area contributed by atoms with Crippen LogP contribution < -0.4 is 5.32 Å². The van der Waals surface area contributed by atoms with Gasteiger partial charge in [-0.1, -0.05) is 96.9 Å². The van der Waals surface area contributed by atoms with Crippen LogP contribution >= 0.6 is 0 Å². The standard InChI is InChI=1S/C46H79NO6S/c1-5-6-7-8-9-10-11-12-13-14-15-16-17-18-19-20-21-22-44(49)53-38-29-31-45(3)37(35-38)24-25-39-41-27-26-40(46(41,4)32-30-42(39)45)36(2)23-28-43(48)47-33-34-54(50,51)52/h9-10,12-13,36-42H,5-8,11,14-35H2,1-4H3,(H,47,48)(H,50,51,52)/b10-9-,13-12-. The highest BCUT2D eigenvalue weighted by molar-refractivity contribution is 7.85. The highest BCUT2D eigenvalue weighted by Crippen LogP contribution is 2.68.